The molecule has 0 aliphatic carbocycles. The molecule has 1 heterocycles. The fraction of sp³-hybridized carbons (Fsp3) is 0.0556. The van der Waals surface area contributed by atoms with Crippen molar-refractivity contribution in [2.75, 3.05) is 0 Å². The van der Waals surface area contributed by atoms with Crippen molar-refractivity contribution in [2.24, 2.45) is 4.99 Å². The first kappa shape index (κ1) is 21.8. The van der Waals surface area contributed by atoms with Crippen molar-refractivity contribution in [1.82, 2.24) is 5.32 Å². The number of benzene rings is 2. The van der Waals surface area contributed by atoms with Crippen molar-refractivity contribution < 1.29 is 22.2 Å². The number of carbonyl (C=O) groups is 2. The molecule has 0 unspecified atom stereocenters. The number of hydrogen-bond donors (Lipinski definition) is 1. The Balaban J connectivity index is 1.85. The zero-order chi connectivity index (χ0) is 21.2. The van der Waals surface area contributed by atoms with Gasteiger partial charge >= 0.3 is 10.1 Å². The molecular formula is C18H12Br2N2O5S2. The monoisotopic (exact) mass is 558 g/mol. The molecule has 0 aromatic heterocycles. The average Bonchev–Trinajstić information content (AvgIpc) is 2.97. The molecule has 29 heavy (non-hydrogen) atoms. The van der Waals surface area contributed by atoms with Gasteiger partial charge in [0.25, 0.3) is 5.91 Å². The van der Waals surface area contributed by atoms with Crippen LogP contribution < -0.4 is 9.50 Å². The third-order valence-corrected chi connectivity index (χ3v) is 6.76. The molecule has 1 aliphatic heterocycles. The quantitative estimate of drug-likeness (QED) is 0.447. The predicted octanol–water partition coefficient (Wildman–Crippen LogP) is 4.09. The lowest BCUT2D eigenvalue weighted by Crippen LogP contribution is -2.23. The number of nitrogens with one attached hydrogen (secondary N) is 1. The molecule has 3 rings (SSSR count). The number of rotatable bonds is 4. The molecule has 0 saturated carbocycles. The molecule has 2 aromatic carbocycles. The van der Waals surface area contributed by atoms with Gasteiger partial charge < -0.3 is 9.50 Å². The SMILES string of the molecule is CC(=O)NC1=NC(=O)/C(=C\c2cc(Br)c(OS(=O)(=O)c3ccccc3)c(Br)c2)S1. The minimum absolute atomic E-state index is 0.0283. The van der Waals surface area contributed by atoms with Crippen molar-refractivity contribution in [3.05, 3.63) is 61.9 Å². The molecule has 1 aliphatic rings. The highest BCUT2D eigenvalue weighted by molar-refractivity contribution is 9.11. The normalized spacial score (nSPS) is 15.3. The van der Waals surface area contributed by atoms with E-state index >= 15 is 0 Å². The van der Waals surface area contributed by atoms with E-state index in [2.05, 4.69) is 42.2 Å². The first-order valence-electron chi connectivity index (χ1n) is 7.94. The van der Waals surface area contributed by atoms with Crippen LogP contribution in [-0.4, -0.2) is 25.4 Å². The van der Waals surface area contributed by atoms with Gasteiger partial charge in [0.15, 0.2) is 10.9 Å². The second-order valence-corrected chi connectivity index (χ2v) is 9.96. The standard InChI is InChI=1S/C18H12Br2N2O5S2/c1-10(23)21-18-22-17(24)15(28-18)9-11-7-13(19)16(14(20)8-11)27-29(25,26)12-5-3-2-4-6-12/h2-9H,1H3,(H,21,22,23,24)/b15-9+. The molecule has 2 aromatic rings. The molecule has 0 fully saturated rings. The minimum atomic E-state index is -4.01. The maximum atomic E-state index is 12.5. The van der Waals surface area contributed by atoms with Gasteiger partial charge in [0.05, 0.1) is 13.9 Å². The summed E-state index contributed by atoms with van der Waals surface area (Å²) in [4.78, 5) is 27.2. The van der Waals surface area contributed by atoms with Gasteiger partial charge in [-0.05, 0) is 79.5 Å². The third-order valence-electron chi connectivity index (χ3n) is 3.45. The smallest absolute Gasteiger partial charge is 0.339 e. The van der Waals surface area contributed by atoms with Crippen molar-refractivity contribution in [1.29, 1.82) is 0 Å². The zero-order valence-electron chi connectivity index (χ0n) is 14.7. The first-order chi connectivity index (χ1) is 13.7. The summed E-state index contributed by atoms with van der Waals surface area (Å²) in [6.45, 7) is 1.33. The van der Waals surface area contributed by atoms with E-state index in [1.165, 1.54) is 19.1 Å². The molecule has 2 amide bonds. The van der Waals surface area contributed by atoms with Crippen LogP contribution in [0, 0.1) is 0 Å². The van der Waals surface area contributed by atoms with Crippen LogP contribution in [-0.2, 0) is 19.7 Å². The Kier molecular flexibility index (Phi) is 6.62. The van der Waals surface area contributed by atoms with Gasteiger partial charge in [-0.1, -0.05) is 18.2 Å². The van der Waals surface area contributed by atoms with Crippen molar-refractivity contribution in [2.45, 2.75) is 11.8 Å². The van der Waals surface area contributed by atoms with E-state index in [0.29, 0.717) is 19.4 Å². The number of hydrogen-bond acceptors (Lipinski definition) is 6. The Bertz CT molecular complexity index is 1140. The fourth-order valence-electron chi connectivity index (χ4n) is 2.25. The topological polar surface area (TPSA) is 102 Å². The summed E-state index contributed by atoms with van der Waals surface area (Å²) in [6, 6.07) is 11.0. The van der Waals surface area contributed by atoms with Crippen molar-refractivity contribution in [3.8, 4) is 5.75 Å². The molecule has 0 spiro atoms. The van der Waals surface area contributed by atoms with Crippen LogP contribution in [0.4, 0.5) is 0 Å². The maximum Gasteiger partial charge on any atom is 0.339 e. The van der Waals surface area contributed by atoms with Gasteiger partial charge in [-0.3, -0.25) is 9.59 Å². The highest BCUT2D eigenvalue weighted by Crippen LogP contribution is 2.38. The Hall–Kier alpha value is -1.95. The van der Waals surface area contributed by atoms with Gasteiger partial charge in [-0.2, -0.15) is 13.4 Å². The van der Waals surface area contributed by atoms with E-state index in [9.17, 15) is 18.0 Å². The highest BCUT2D eigenvalue weighted by atomic mass is 79.9. The minimum Gasteiger partial charge on any atom is -0.377 e. The van der Waals surface area contributed by atoms with Crippen LogP contribution in [0.15, 0.2) is 66.2 Å². The Labute approximate surface area is 188 Å². The van der Waals surface area contributed by atoms with E-state index in [4.69, 9.17) is 4.18 Å². The lowest BCUT2D eigenvalue weighted by molar-refractivity contribution is -0.117. The molecule has 150 valence electrons. The summed E-state index contributed by atoms with van der Waals surface area (Å²) in [7, 11) is -4.01. The second-order valence-electron chi connectivity index (χ2n) is 5.68. The number of amides is 2. The van der Waals surface area contributed by atoms with Gasteiger partial charge in [0.1, 0.15) is 4.90 Å². The predicted molar refractivity (Wildman–Crippen MR) is 118 cm³/mol. The summed E-state index contributed by atoms with van der Waals surface area (Å²) in [6.07, 6.45) is 1.58. The van der Waals surface area contributed by atoms with E-state index in [1.54, 1.807) is 36.4 Å². The largest absolute Gasteiger partial charge is 0.377 e. The summed E-state index contributed by atoms with van der Waals surface area (Å²) in [5.74, 6) is -0.716. The second kappa shape index (κ2) is 8.82. The number of halogens is 2. The van der Waals surface area contributed by atoms with Gasteiger partial charge in [-0.15, -0.1) is 0 Å². The van der Waals surface area contributed by atoms with E-state index in [1.807, 2.05) is 0 Å². The number of aliphatic imine (C=N–C) groups is 1. The van der Waals surface area contributed by atoms with E-state index < -0.39 is 16.0 Å². The van der Waals surface area contributed by atoms with Crippen LogP contribution in [0.5, 0.6) is 5.75 Å². The zero-order valence-corrected chi connectivity index (χ0v) is 19.5. The van der Waals surface area contributed by atoms with Crippen LogP contribution in [0.25, 0.3) is 6.08 Å². The third kappa shape index (κ3) is 5.35. The van der Waals surface area contributed by atoms with Crippen LogP contribution in [0.2, 0.25) is 0 Å². The first-order valence-corrected chi connectivity index (χ1v) is 11.8. The number of carbonyl (C=O) groups excluding carboxylic acids is 2. The molecule has 1 N–H and O–H groups in total. The average molecular weight is 560 g/mol. The Morgan fingerprint density at radius 2 is 1.79 bits per heavy atom. The molecule has 7 nitrogen and oxygen atoms in total. The number of thioether (sulfide) groups is 1. The van der Waals surface area contributed by atoms with Gasteiger partial charge in [0.2, 0.25) is 5.91 Å². The van der Waals surface area contributed by atoms with Crippen LogP contribution >= 0.6 is 43.6 Å². The summed E-state index contributed by atoms with van der Waals surface area (Å²) < 4.78 is 30.9. The Morgan fingerprint density at radius 1 is 1.17 bits per heavy atom. The summed E-state index contributed by atoms with van der Waals surface area (Å²) >= 11 is 7.65. The lowest BCUT2D eigenvalue weighted by Gasteiger charge is -2.11. The Morgan fingerprint density at radius 3 is 2.38 bits per heavy atom. The van der Waals surface area contributed by atoms with Crippen LogP contribution in [0.3, 0.4) is 0 Å². The van der Waals surface area contributed by atoms with Crippen molar-refractivity contribution >= 4 is 76.8 Å². The summed E-state index contributed by atoms with van der Waals surface area (Å²) in [5.41, 5.74) is 0.600. The molecule has 11 heteroatoms. The highest BCUT2D eigenvalue weighted by Gasteiger charge is 2.24. The van der Waals surface area contributed by atoms with E-state index in [0.717, 1.165) is 11.8 Å². The van der Waals surface area contributed by atoms with Gasteiger partial charge in [0, 0.05) is 6.92 Å². The maximum absolute atomic E-state index is 12.5. The molecule has 0 saturated heterocycles. The molecule has 0 bridgehead atoms. The van der Waals surface area contributed by atoms with Gasteiger partial charge in [-0.25, -0.2) is 0 Å². The number of nitrogens with zero attached hydrogens (tertiary/aromatic N) is 1. The van der Waals surface area contributed by atoms with Crippen molar-refractivity contribution in [3.63, 3.8) is 0 Å². The fourth-order valence-corrected chi connectivity index (χ4v) is 5.70. The lowest BCUT2D eigenvalue weighted by atomic mass is 10.2. The molecular weight excluding hydrogens is 548 g/mol. The van der Waals surface area contributed by atoms with Crippen LogP contribution in [0.1, 0.15) is 12.5 Å². The molecule has 0 radical (unpaired) electrons. The molecule has 0 atom stereocenters. The van der Waals surface area contributed by atoms with E-state index in [-0.39, 0.29) is 21.7 Å². The number of amidine groups is 1. The summed E-state index contributed by atoms with van der Waals surface area (Å²) in [5, 5.41) is 2.68.